The van der Waals surface area contributed by atoms with Gasteiger partial charge in [-0.05, 0) is 24.7 Å². The van der Waals surface area contributed by atoms with Gasteiger partial charge in [0.05, 0.1) is 5.69 Å². The molecule has 1 aliphatic carbocycles. The van der Waals surface area contributed by atoms with Gasteiger partial charge in [0.2, 0.25) is 0 Å². The predicted molar refractivity (Wildman–Crippen MR) is 118 cm³/mol. The van der Waals surface area contributed by atoms with E-state index in [2.05, 4.69) is 25.3 Å². The zero-order chi connectivity index (χ0) is 18.2. The molecular formula is C19H34IN5O2. The first-order valence-electron chi connectivity index (χ1n) is 9.81. The quantitative estimate of drug-likeness (QED) is 0.360. The van der Waals surface area contributed by atoms with Crippen LogP contribution in [-0.2, 0) is 11.3 Å². The summed E-state index contributed by atoms with van der Waals surface area (Å²) in [7, 11) is 3.69. The van der Waals surface area contributed by atoms with E-state index in [1.54, 1.807) is 13.4 Å². The van der Waals surface area contributed by atoms with Crippen molar-refractivity contribution in [3.63, 3.8) is 0 Å². The maximum Gasteiger partial charge on any atom is 0.193 e. The lowest BCUT2D eigenvalue weighted by Crippen LogP contribution is -2.53. The Bertz CT molecular complexity index is 552. The number of aliphatic imine (C=N–C) groups is 1. The average molecular weight is 491 g/mol. The van der Waals surface area contributed by atoms with Crippen LogP contribution in [0.25, 0.3) is 0 Å². The maximum atomic E-state index is 5.35. The lowest BCUT2D eigenvalue weighted by atomic mass is 9.83. The average Bonchev–Trinajstić information content (AvgIpc) is 3.34. The minimum Gasteiger partial charge on any atom is -0.385 e. The fourth-order valence-electron chi connectivity index (χ4n) is 4.22. The minimum absolute atomic E-state index is 0. The molecule has 0 aromatic carbocycles. The Hall–Kier alpha value is -0.870. The monoisotopic (exact) mass is 491 g/mol. The molecule has 2 heterocycles. The fraction of sp³-hybridized carbons (Fsp3) is 0.789. The number of piperazine rings is 1. The number of guanidine groups is 1. The summed E-state index contributed by atoms with van der Waals surface area (Å²) in [6, 6.07) is 1.94. The third-order valence-electron chi connectivity index (χ3n) is 5.88. The third kappa shape index (κ3) is 6.32. The molecular weight excluding hydrogens is 457 g/mol. The molecule has 1 aromatic rings. The molecule has 1 saturated heterocycles. The van der Waals surface area contributed by atoms with Crippen LogP contribution in [0.2, 0.25) is 0 Å². The lowest BCUT2D eigenvalue weighted by molar-refractivity contribution is 0.136. The number of methoxy groups -OCH3 is 1. The molecule has 1 saturated carbocycles. The Balaban J connectivity index is 0.00000261. The van der Waals surface area contributed by atoms with Gasteiger partial charge in [0, 0.05) is 66.1 Å². The smallest absolute Gasteiger partial charge is 0.193 e. The summed E-state index contributed by atoms with van der Waals surface area (Å²) >= 11 is 0. The van der Waals surface area contributed by atoms with E-state index >= 15 is 0 Å². The van der Waals surface area contributed by atoms with Gasteiger partial charge in [-0.15, -0.1) is 24.0 Å². The second-order valence-corrected chi connectivity index (χ2v) is 7.60. The Morgan fingerprint density at radius 3 is 2.63 bits per heavy atom. The molecule has 27 heavy (non-hydrogen) atoms. The molecule has 2 fully saturated rings. The number of halogens is 1. The fourth-order valence-corrected chi connectivity index (χ4v) is 4.22. The summed E-state index contributed by atoms with van der Waals surface area (Å²) in [5.74, 6) is 1.04. The number of aromatic nitrogens is 1. The van der Waals surface area contributed by atoms with Gasteiger partial charge >= 0.3 is 0 Å². The summed E-state index contributed by atoms with van der Waals surface area (Å²) in [6.07, 6.45) is 8.05. The molecule has 2 aliphatic rings. The molecule has 0 radical (unpaired) electrons. The van der Waals surface area contributed by atoms with Crippen molar-refractivity contribution in [3.05, 3.63) is 18.0 Å². The van der Waals surface area contributed by atoms with E-state index in [9.17, 15) is 0 Å². The first-order chi connectivity index (χ1) is 12.7. The molecule has 0 atom stereocenters. The number of rotatable bonds is 7. The number of ether oxygens (including phenoxy) is 1. The largest absolute Gasteiger partial charge is 0.385 e. The van der Waals surface area contributed by atoms with Crippen LogP contribution in [0.15, 0.2) is 21.8 Å². The summed E-state index contributed by atoms with van der Waals surface area (Å²) in [5.41, 5.74) is 1.38. The van der Waals surface area contributed by atoms with E-state index in [0.717, 1.165) is 63.9 Å². The van der Waals surface area contributed by atoms with Crippen molar-refractivity contribution in [1.82, 2.24) is 20.3 Å². The number of hydrogen-bond acceptors (Lipinski definition) is 5. The zero-order valence-electron chi connectivity index (χ0n) is 16.7. The van der Waals surface area contributed by atoms with Gasteiger partial charge in [-0.2, -0.15) is 0 Å². The number of nitrogens with zero attached hydrogens (tertiary/aromatic N) is 4. The van der Waals surface area contributed by atoms with Crippen molar-refractivity contribution >= 4 is 29.9 Å². The third-order valence-corrected chi connectivity index (χ3v) is 5.88. The summed E-state index contributed by atoms with van der Waals surface area (Å²) < 4.78 is 10.3. The van der Waals surface area contributed by atoms with Gasteiger partial charge < -0.3 is 19.5 Å². The number of hydrogen-bond donors (Lipinski definition) is 1. The van der Waals surface area contributed by atoms with Crippen LogP contribution < -0.4 is 5.32 Å². The molecule has 1 N–H and O–H groups in total. The van der Waals surface area contributed by atoms with Crippen molar-refractivity contribution < 1.29 is 9.26 Å². The zero-order valence-corrected chi connectivity index (χ0v) is 19.0. The highest BCUT2D eigenvalue weighted by molar-refractivity contribution is 14.0. The Labute approximate surface area is 179 Å². The first-order valence-corrected chi connectivity index (χ1v) is 9.81. The Morgan fingerprint density at radius 1 is 1.30 bits per heavy atom. The van der Waals surface area contributed by atoms with Gasteiger partial charge in [-0.25, -0.2) is 0 Å². The first kappa shape index (κ1) is 22.4. The van der Waals surface area contributed by atoms with Crippen LogP contribution in [0.5, 0.6) is 0 Å². The van der Waals surface area contributed by atoms with E-state index in [4.69, 9.17) is 9.26 Å². The molecule has 8 heteroatoms. The summed E-state index contributed by atoms with van der Waals surface area (Å²) in [4.78, 5) is 9.33. The van der Waals surface area contributed by atoms with Crippen LogP contribution in [0, 0.1) is 5.41 Å². The van der Waals surface area contributed by atoms with Gasteiger partial charge in [0.25, 0.3) is 0 Å². The molecule has 0 spiro atoms. The molecule has 3 rings (SSSR count). The van der Waals surface area contributed by atoms with Crippen molar-refractivity contribution in [2.75, 3.05) is 53.5 Å². The predicted octanol–water partition coefficient (Wildman–Crippen LogP) is 2.58. The number of nitrogens with one attached hydrogen (secondary N) is 1. The van der Waals surface area contributed by atoms with Crippen LogP contribution in [0.4, 0.5) is 0 Å². The van der Waals surface area contributed by atoms with Gasteiger partial charge in [-0.1, -0.05) is 18.0 Å². The Morgan fingerprint density at radius 2 is 2.04 bits per heavy atom. The van der Waals surface area contributed by atoms with Crippen molar-refractivity contribution in [3.8, 4) is 0 Å². The van der Waals surface area contributed by atoms with Crippen LogP contribution in [0.3, 0.4) is 0 Å². The van der Waals surface area contributed by atoms with E-state index in [0.29, 0.717) is 5.41 Å². The SMILES string of the molecule is CN=C(NCC1(CCOC)CCCC1)N1CCN(Cc2ccon2)CC1.I. The normalized spacial score (nSPS) is 20.5. The Kier molecular flexibility index (Phi) is 9.31. The van der Waals surface area contributed by atoms with E-state index in [1.165, 1.54) is 25.7 Å². The molecule has 0 amide bonds. The standard InChI is InChI=1S/C19H33N5O2.HI/c1-20-18(21-16-19(8-14-25-2)6-3-4-7-19)24-11-9-23(10-12-24)15-17-5-13-26-22-17;/h5,13H,3-4,6-12,14-16H2,1-2H3,(H,20,21);1H. The molecule has 154 valence electrons. The molecule has 7 nitrogen and oxygen atoms in total. The maximum absolute atomic E-state index is 5.35. The lowest BCUT2D eigenvalue weighted by Gasteiger charge is -2.37. The molecule has 0 unspecified atom stereocenters. The van der Waals surface area contributed by atoms with Crippen molar-refractivity contribution in [2.24, 2.45) is 10.4 Å². The topological polar surface area (TPSA) is 66.1 Å². The van der Waals surface area contributed by atoms with Crippen LogP contribution in [0.1, 0.15) is 37.8 Å². The highest BCUT2D eigenvalue weighted by Crippen LogP contribution is 2.40. The second-order valence-electron chi connectivity index (χ2n) is 7.60. The molecule has 1 aliphatic heterocycles. The highest BCUT2D eigenvalue weighted by atomic mass is 127. The van der Waals surface area contributed by atoms with Crippen molar-refractivity contribution in [2.45, 2.75) is 38.6 Å². The highest BCUT2D eigenvalue weighted by Gasteiger charge is 2.34. The summed E-state index contributed by atoms with van der Waals surface area (Å²) in [6.45, 7) is 6.72. The van der Waals surface area contributed by atoms with Crippen LogP contribution in [-0.4, -0.2) is 74.4 Å². The molecule has 1 aromatic heterocycles. The van der Waals surface area contributed by atoms with E-state index in [1.807, 2.05) is 13.1 Å². The van der Waals surface area contributed by atoms with Crippen LogP contribution >= 0.6 is 24.0 Å². The minimum atomic E-state index is 0. The van der Waals surface area contributed by atoms with Crippen molar-refractivity contribution in [1.29, 1.82) is 0 Å². The van der Waals surface area contributed by atoms with E-state index < -0.39 is 0 Å². The second kappa shape index (κ2) is 11.2. The summed E-state index contributed by atoms with van der Waals surface area (Å²) in [5, 5.41) is 7.68. The van der Waals surface area contributed by atoms with Gasteiger partial charge in [0.1, 0.15) is 6.26 Å². The van der Waals surface area contributed by atoms with Gasteiger partial charge in [0.15, 0.2) is 5.96 Å². The van der Waals surface area contributed by atoms with Gasteiger partial charge in [-0.3, -0.25) is 9.89 Å². The molecule has 0 bridgehead atoms. The van der Waals surface area contributed by atoms with E-state index in [-0.39, 0.29) is 24.0 Å².